The van der Waals surface area contributed by atoms with Crippen LogP contribution in [0.1, 0.15) is 46.1 Å². The summed E-state index contributed by atoms with van der Waals surface area (Å²) in [6.45, 7) is 8.63. The van der Waals surface area contributed by atoms with Gasteiger partial charge in [-0.2, -0.15) is 0 Å². The number of aliphatic imine (C=N–C) groups is 1. The van der Waals surface area contributed by atoms with Crippen molar-refractivity contribution in [2.24, 2.45) is 10.4 Å². The van der Waals surface area contributed by atoms with Crippen molar-refractivity contribution in [3.63, 3.8) is 0 Å². The number of nitrogens with zero attached hydrogens (tertiary/aromatic N) is 1. The van der Waals surface area contributed by atoms with Crippen LogP contribution in [0, 0.1) is 5.41 Å². The van der Waals surface area contributed by atoms with Gasteiger partial charge in [-0.3, -0.25) is 4.99 Å². The lowest BCUT2D eigenvalue weighted by atomic mass is 9.89. The molecule has 0 bridgehead atoms. The Morgan fingerprint density at radius 1 is 1.24 bits per heavy atom. The van der Waals surface area contributed by atoms with Gasteiger partial charge < -0.3 is 0 Å². The smallest absolute Gasteiger partial charge is 0.0639 e. The lowest BCUT2D eigenvalue weighted by molar-refractivity contribution is 0.594. The molecule has 0 saturated heterocycles. The molecule has 0 N–H and O–H groups in total. The minimum atomic E-state index is 0.0510. The van der Waals surface area contributed by atoms with Gasteiger partial charge in [0.15, 0.2) is 0 Å². The van der Waals surface area contributed by atoms with Crippen LogP contribution in [0.2, 0.25) is 0 Å². The van der Waals surface area contributed by atoms with Gasteiger partial charge in [-0.25, -0.2) is 0 Å². The zero-order valence-electron chi connectivity index (χ0n) is 13.6. The molecule has 21 heavy (non-hydrogen) atoms. The van der Waals surface area contributed by atoms with Crippen LogP contribution >= 0.6 is 0 Å². The highest BCUT2D eigenvalue weighted by Gasteiger charge is 2.16. The van der Waals surface area contributed by atoms with Gasteiger partial charge in [-0.15, -0.1) is 0 Å². The van der Waals surface area contributed by atoms with Crippen LogP contribution in [0.15, 0.2) is 59.6 Å². The molecule has 1 heteroatoms. The Labute approximate surface area is 128 Å². The van der Waals surface area contributed by atoms with Crippen LogP contribution < -0.4 is 0 Å². The Hall–Kier alpha value is -1.89. The Bertz CT molecular complexity index is 607. The maximum atomic E-state index is 4.86. The second-order valence-electron chi connectivity index (χ2n) is 6.46. The first-order chi connectivity index (χ1) is 10.0. The summed E-state index contributed by atoms with van der Waals surface area (Å²) in [5, 5.41) is 0. The van der Waals surface area contributed by atoms with Gasteiger partial charge >= 0.3 is 0 Å². The van der Waals surface area contributed by atoms with Crippen molar-refractivity contribution in [1.82, 2.24) is 0 Å². The van der Waals surface area contributed by atoms with Gasteiger partial charge in [-0.05, 0) is 49.1 Å². The van der Waals surface area contributed by atoms with Crippen molar-refractivity contribution in [2.45, 2.75) is 40.5 Å². The largest absolute Gasteiger partial charge is 0.253 e. The van der Waals surface area contributed by atoms with Crippen LogP contribution in [-0.2, 0) is 0 Å². The number of benzene rings is 1. The van der Waals surface area contributed by atoms with Gasteiger partial charge in [0.1, 0.15) is 0 Å². The Kier molecular flexibility index (Phi) is 4.95. The summed E-state index contributed by atoms with van der Waals surface area (Å²) in [6, 6.07) is 8.55. The van der Waals surface area contributed by atoms with Gasteiger partial charge in [0, 0.05) is 11.1 Å². The Morgan fingerprint density at radius 3 is 2.67 bits per heavy atom. The second-order valence-corrected chi connectivity index (χ2v) is 6.46. The molecule has 0 fully saturated rings. The molecule has 110 valence electrons. The van der Waals surface area contributed by atoms with Crippen molar-refractivity contribution in [1.29, 1.82) is 0 Å². The molecule has 1 nitrogen and oxygen atoms in total. The van der Waals surface area contributed by atoms with Crippen LogP contribution in [0.5, 0.6) is 0 Å². The van der Waals surface area contributed by atoms with E-state index in [0.717, 1.165) is 24.2 Å². The first-order valence-electron chi connectivity index (χ1n) is 7.69. The van der Waals surface area contributed by atoms with Crippen molar-refractivity contribution in [3.8, 4) is 0 Å². The summed E-state index contributed by atoms with van der Waals surface area (Å²) in [5.41, 5.74) is 4.88. The predicted molar refractivity (Wildman–Crippen MR) is 94.2 cm³/mol. The van der Waals surface area contributed by atoms with Gasteiger partial charge in [-0.1, -0.05) is 57.2 Å². The number of rotatable bonds is 3. The molecule has 0 atom stereocenters. The van der Waals surface area contributed by atoms with E-state index in [-0.39, 0.29) is 5.41 Å². The molecule has 0 radical (unpaired) electrons. The van der Waals surface area contributed by atoms with Crippen molar-refractivity contribution in [2.75, 3.05) is 0 Å². The summed E-state index contributed by atoms with van der Waals surface area (Å²) in [7, 11) is 0. The molecule has 1 aliphatic carbocycles. The third-order valence-electron chi connectivity index (χ3n) is 3.57. The maximum absolute atomic E-state index is 4.86. The molecule has 0 saturated carbocycles. The average molecular weight is 279 g/mol. The van der Waals surface area contributed by atoms with Crippen LogP contribution in [0.25, 0.3) is 5.57 Å². The topological polar surface area (TPSA) is 12.4 Å². The molecule has 2 rings (SSSR count). The fraction of sp³-hybridized carbons (Fsp3) is 0.350. The highest BCUT2D eigenvalue weighted by atomic mass is 14.8. The second kappa shape index (κ2) is 6.71. The Morgan fingerprint density at radius 2 is 2.05 bits per heavy atom. The standard InChI is InChI=1S/C20H25N/c1-5-10-19(20(2,3)4)21-18-14-9-13-17(15-18)16-11-7-6-8-12-16/h5-7,9-11,13-15H,8,12H2,1-4H3/b10-5-,21-19?. The molecule has 1 aromatic carbocycles. The zero-order chi connectivity index (χ0) is 15.3. The van der Waals surface area contributed by atoms with Crippen molar-refractivity contribution < 1.29 is 0 Å². The minimum absolute atomic E-state index is 0.0510. The molecule has 1 aliphatic rings. The molecule has 0 spiro atoms. The molecule has 0 aliphatic heterocycles. The predicted octanol–water partition coefficient (Wildman–Crippen LogP) is 6.11. The minimum Gasteiger partial charge on any atom is -0.253 e. The summed E-state index contributed by atoms with van der Waals surface area (Å²) in [5.74, 6) is 0. The average Bonchev–Trinajstić information content (AvgIpc) is 2.47. The SMILES string of the molecule is C/C=C\C(=Nc1cccc(C2=CC=CCC2)c1)C(C)(C)C. The van der Waals surface area contributed by atoms with E-state index in [1.807, 2.05) is 6.92 Å². The summed E-state index contributed by atoms with van der Waals surface area (Å²) in [4.78, 5) is 4.86. The first-order valence-corrected chi connectivity index (χ1v) is 7.69. The lowest BCUT2D eigenvalue weighted by Crippen LogP contribution is -2.17. The molecule has 1 aromatic rings. The highest BCUT2D eigenvalue weighted by Crippen LogP contribution is 2.28. The quantitative estimate of drug-likeness (QED) is 0.591. The first kappa shape index (κ1) is 15.5. The van der Waals surface area contributed by atoms with Crippen LogP contribution in [-0.4, -0.2) is 5.71 Å². The third-order valence-corrected chi connectivity index (χ3v) is 3.57. The van der Waals surface area contributed by atoms with E-state index in [4.69, 9.17) is 4.99 Å². The van der Waals surface area contributed by atoms with E-state index < -0.39 is 0 Å². The normalized spacial score (nSPS) is 16.4. The fourth-order valence-corrected chi connectivity index (χ4v) is 2.37. The number of hydrogen-bond donors (Lipinski definition) is 0. The zero-order valence-corrected chi connectivity index (χ0v) is 13.6. The van der Waals surface area contributed by atoms with Gasteiger partial charge in [0.05, 0.1) is 5.69 Å². The van der Waals surface area contributed by atoms with E-state index in [1.165, 1.54) is 11.1 Å². The van der Waals surface area contributed by atoms with E-state index in [9.17, 15) is 0 Å². The number of allylic oxidation sites excluding steroid dienone is 6. The molecular weight excluding hydrogens is 254 g/mol. The van der Waals surface area contributed by atoms with E-state index in [0.29, 0.717) is 0 Å². The molecule has 0 aromatic heterocycles. The molecule has 0 amide bonds. The fourth-order valence-electron chi connectivity index (χ4n) is 2.37. The van der Waals surface area contributed by atoms with Gasteiger partial charge in [0.25, 0.3) is 0 Å². The van der Waals surface area contributed by atoms with E-state index >= 15 is 0 Å². The molecule has 0 heterocycles. The maximum Gasteiger partial charge on any atom is 0.0639 e. The monoisotopic (exact) mass is 279 g/mol. The summed E-state index contributed by atoms with van der Waals surface area (Å²) >= 11 is 0. The Balaban J connectivity index is 2.36. The van der Waals surface area contributed by atoms with E-state index in [1.54, 1.807) is 0 Å². The molecular formula is C20H25N. The summed E-state index contributed by atoms with van der Waals surface area (Å²) < 4.78 is 0. The highest BCUT2D eigenvalue weighted by molar-refractivity contribution is 6.00. The van der Waals surface area contributed by atoms with Crippen molar-refractivity contribution in [3.05, 3.63) is 60.2 Å². The third kappa shape index (κ3) is 4.29. The van der Waals surface area contributed by atoms with Crippen LogP contribution in [0.4, 0.5) is 5.69 Å². The van der Waals surface area contributed by atoms with Crippen LogP contribution in [0.3, 0.4) is 0 Å². The number of hydrogen-bond acceptors (Lipinski definition) is 1. The summed E-state index contributed by atoms with van der Waals surface area (Å²) in [6.07, 6.45) is 13.0. The van der Waals surface area contributed by atoms with Crippen molar-refractivity contribution >= 4 is 17.0 Å². The van der Waals surface area contributed by atoms with E-state index in [2.05, 4.69) is 75.4 Å². The molecule has 0 unspecified atom stereocenters. The van der Waals surface area contributed by atoms with Gasteiger partial charge in [0.2, 0.25) is 0 Å². The lowest BCUT2D eigenvalue weighted by Gasteiger charge is -2.19.